The van der Waals surface area contributed by atoms with Crippen molar-refractivity contribution in [3.63, 3.8) is 0 Å². The summed E-state index contributed by atoms with van der Waals surface area (Å²) in [7, 11) is 1.73. The number of nitrogens with zero attached hydrogens (tertiary/aromatic N) is 1. The number of benzene rings is 1. The van der Waals surface area contributed by atoms with Crippen LogP contribution in [0.15, 0.2) is 52.0 Å². The van der Waals surface area contributed by atoms with Gasteiger partial charge in [-0.05, 0) is 85.3 Å². The van der Waals surface area contributed by atoms with Gasteiger partial charge < -0.3 is 15.2 Å². The predicted octanol–water partition coefficient (Wildman–Crippen LogP) is 7.43. The van der Waals surface area contributed by atoms with Crippen LogP contribution in [0.3, 0.4) is 0 Å². The Labute approximate surface area is 201 Å². The van der Waals surface area contributed by atoms with E-state index in [1.54, 1.807) is 13.3 Å². The van der Waals surface area contributed by atoms with E-state index in [1.807, 2.05) is 18.2 Å². The standard InChI is InChI=1S/C28H36F2N2O2/c1-28(2)11-6-7-19(16-28)26(20-14-22(29)27(33)23(30)15-20)18-9-10-24(21(13-18)17-31-3)32-25-8-4-5-12-34-25/h9-10,13-14,17,23,25,32-33H,4-8,11-12,15-16H2,1-3H3. The Hall–Kier alpha value is -2.47. The molecule has 2 atom stereocenters. The van der Waals surface area contributed by atoms with Crippen molar-refractivity contribution >= 4 is 17.5 Å². The molecule has 184 valence electrons. The number of hydrogen-bond donors (Lipinski definition) is 2. The molecule has 2 fully saturated rings. The Balaban J connectivity index is 1.78. The fourth-order valence-electron chi connectivity index (χ4n) is 5.39. The van der Waals surface area contributed by atoms with E-state index in [-0.39, 0.29) is 18.1 Å². The molecular formula is C28H36F2N2O2. The van der Waals surface area contributed by atoms with E-state index in [0.717, 1.165) is 73.9 Å². The van der Waals surface area contributed by atoms with Gasteiger partial charge in [0, 0.05) is 37.5 Å². The van der Waals surface area contributed by atoms with E-state index in [1.165, 1.54) is 11.6 Å². The van der Waals surface area contributed by atoms with Crippen LogP contribution in [0.25, 0.3) is 5.57 Å². The Morgan fingerprint density at radius 2 is 2.09 bits per heavy atom. The highest BCUT2D eigenvalue weighted by Gasteiger charge is 2.31. The molecule has 2 unspecified atom stereocenters. The summed E-state index contributed by atoms with van der Waals surface area (Å²) in [6, 6.07) is 6.08. The molecule has 34 heavy (non-hydrogen) atoms. The number of rotatable bonds is 5. The summed E-state index contributed by atoms with van der Waals surface area (Å²) < 4.78 is 34.8. The Bertz CT molecular complexity index is 1030. The van der Waals surface area contributed by atoms with Gasteiger partial charge in [-0.2, -0.15) is 0 Å². The molecule has 1 aromatic carbocycles. The van der Waals surface area contributed by atoms with Crippen LogP contribution in [0.1, 0.15) is 76.3 Å². The molecule has 4 rings (SSSR count). The van der Waals surface area contributed by atoms with Crippen LogP contribution in [0.4, 0.5) is 14.5 Å². The number of aliphatic hydroxyl groups is 1. The molecule has 0 amide bonds. The number of hydrogen-bond acceptors (Lipinski definition) is 4. The first kappa shape index (κ1) is 24.6. The smallest absolute Gasteiger partial charge is 0.164 e. The molecule has 6 heteroatoms. The predicted molar refractivity (Wildman–Crippen MR) is 135 cm³/mol. The van der Waals surface area contributed by atoms with Crippen LogP contribution in [0.2, 0.25) is 0 Å². The highest BCUT2D eigenvalue weighted by atomic mass is 19.1. The second kappa shape index (κ2) is 10.4. The maximum absolute atomic E-state index is 14.5. The lowest BCUT2D eigenvalue weighted by Crippen LogP contribution is -2.27. The Morgan fingerprint density at radius 3 is 2.76 bits per heavy atom. The lowest BCUT2D eigenvalue weighted by atomic mass is 9.71. The van der Waals surface area contributed by atoms with Gasteiger partial charge in [0.1, 0.15) is 6.23 Å². The van der Waals surface area contributed by atoms with E-state index in [4.69, 9.17) is 4.74 Å². The zero-order valence-corrected chi connectivity index (χ0v) is 20.5. The van der Waals surface area contributed by atoms with Gasteiger partial charge in [0.2, 0.25) is 0 Å². The monoisotopic (exact) mass is 470 g/mol. The molecule has 0 radical (unpaired) electrons. The molecule has 2 aliphatic carbocycles. The number of anilines is 1. The van der Waals surface area contributed by atoms with Gasteiger partial charge in [-0.15, -0.1) is 0 Å². The van der Waals surface area contributed by atoms with Crippen molar-refractivity contribution in [1.29, 1.82) is 0 Å². The molecule has 2 N–H and O–H groups in total. The molecule has 3 aliphatic rings. The highest BCUT2D eigenvalue weighted by molar-refractivity contribution is 5.92. The first-order valence-corrected chi connectivity index (χ1v) is 12.4. The van der Waals surface area contributed by atoms with Crippen molar-refractivity contribution in [2.75, 3.05) is 19.0 Å². The summed E-state index contributed by atoms with van der Waals surface area (Å²) in [6.07, 6.45) is 8.43. The third-order valence-corrected chi connectivity index (χ3v) is 7.04. The van der Waals surface area contributed by atoms with Crippen LogP contribution in [-0.4, -0.2) is 37.4 Å². The van der Waals surface area contributed by atoms with Crippen LogP contribution in [0.5, 0.6) is 0 Å². The minimum absolute atomic E-state index is 0.0314. The van der Waals surface area contributed by atoms with Gasteiger partial charge in [0.25, 0.3) is 0 Å². The molecule has 0 spiro atoms. The number of aliphatic hydroxyl groups excluding tert-OH is 1. The van der Waals surface area contributed by atoms with E-state index in [2.05, 4.69) is 24.2 Å². The van der Waals surface area contributed by atoms with Gasteiger partial charge in [-0.3, -0.25) is 4.99 Å². The maximum atomic E-state index is 14.5. The fraction of sp³-hybridized carbons (Fsp3) is 0.536. The molecular weight excluding hydrogens is 434 g/mol. The number of ether oxygens (including phenoxy) is 1. The lowest BCUT2D eigenvalue weighted by Gasteiger charge is -2.34. The molecule has 4 nitrogen and oxygen atoms in total. The summed E-state index contributed by atoms with van der Waals surface area (Å²) >= 11 is 0. The first-order valence-electron chi connectivity index (χ1n) is 12.4. The van der Waals surface area contributed by atoms with E-state index >= 15 is 0 Å². The van der Waals surface area contributed by atoms with Gasteiger partial charge in [0.15, 0.2) is 17.8 Å². The van der Waals surface area contributed by atoms with Crippen molar-refractivity contribution in [3.05, 3.63) is 58.1 Å². The summed E-state index contributed by atoms with van der Waals surface area (Å²) in [5.74, 6) is -1.69. The average molecular weight is 471 g/mol. The SMILES string of the molecule is CN=Cc1cc(C(C2=CC(F)=C(O)C(F)C2)=C2CCCC(C)(C)C2)ccc1NC1CCCCO1. The van der Waals surface area contributed by atoms with Crippen molar-refractivity contribution in [2.45, 2.75) is 77.6 Å². The maximum Gasteiger partial charge on any atom is 0.164 e. The molecule has 0 bridgehead atoms. The number of aliphatic imine (C=N–C) groups is 1. The van der Waals surface area contributed by atoms with Crippen molar-refractivity contribution in [3.8, 4) is 0 Å². The number of halogens is 2. The van der Waals surface area contributed by atoms with Crippen LogP contribution in [0, 0.1) is 5.41 Å². The van der Waals surface area contributed by atoms with Crippen LogP contribution in [-0.2, 0) is 4.74 Å². The highest BCUT2D eigenvalue weighted by Crippen LogP contribution is 2.45. The quantitative estimate of drug-likeness (QED) is 0.440. The lowest BCUT2D eigenvalue weighted by molar-refractivity contribution is 0.0343. The topological polar surface area (TPSA) is 53.9 Å². The zero-order chi connectivity index (χ0) is 24.3. The summed E-state index contributed by atoms with van der Waals surface area (Å²) in [6.45, 7) is 5.24. The largest absolute Gasteiger partial charge is 0.506 e. The number of allylic oxidation sites excluding steroid dienone is 6. The van der Waals surface area contributed by atoms with Crippen molar-refractivity contribution < 1.29 is 18.6 Å². The fourth-order valence-corrected chi connectivity index (χ4v) is 5.39. The Kier molecular flexibility index (Phi) is 7.56. The average Bonchev–Trinajstić information content (AvgIpc) is 2.79. The van der Waals surface area contributed by atoms with Gasteiger partial charge in [-0.25, -0.2) is 8.78 Å². The summed E-state index contributed by atoms with van der Waals surface area (Å²) in [4.78, 5) is 4.25. The zero-order valence-electron chi connectivity index (χ0n) is 20.5. The van der Waals surface area contributed by atoms with Gasteiger partial charge in [0.05, 0.1) is 0 Å². The van der Waals surface area contributed by atoms with Crippen LogP contribution < -0.4 is 5.32 Å². The number of nitrogens with one attached hydrogen (secondary N) is 1. The normalized spacial score (nSPS) is 27.0. The van der Waals surface area contributed by atoms with Crippen molar-refractivity contribution in [2.24, 2.45) is 10.4 Å². The third kappa shape index (κ3) is 5.60. The summed E-state index contributed by atoms with van der Waals surface area (Å²) in [5.41, 5.74) is 5.63. The van der Waals surface area contributed by atoms with E-state index < -0.39 is 17.8 Å². The van der Waals surface area contributed by atoms with E-state index in [9.17, 15) is 13.9 Å². The molecule has 1 saturated carbocycles. The van der Waals surface area contributed by atoms with E-state index in [0.29, 0.717) is 5.57 Å². The molecule has 1 aliphatic heterocycles. The third-order valence-electron chi connectivity index (χ3n) is 7.04. The second-order valence-electron chi connectivity index (χ2n) is 10.4. The van der Waals surface area contributed by atoms with Crippen molar-refractivity contribution in [1.82, 2.24) is 0 Å². The molecule has 1 saturated heterocycles. The first-order chi connectivity index (χ1) is 16.3. The molecule has 1 heterocycles. The molecule has 0 aromatic heterocycles. The van der Waals surface area contributed by atoms with Gasteiger partial charge >= 0.3 is 0 Å². The minimum Gasteiger partial charge on any atom is -0.506 e. The molecule has 1 aromatic rings. The minimum atomic E-state index is -1.73. The summed E-state index contributed by atoms with van der Waals surface area (Å²) in [5, 5.41) is 13.2. The second-order valence-corrected chi connectivity index (χ2v) is 10.4. The van der Waals surface area contributed by atoms with Gasteiger partial charge in [-0.1, -0.05) is 25.5 Å². The Morgan fingerprint density at radius 1 is 1.26 bits per heavy atom. The van der Waals surface area contributed by atoms with Crippen LogP contribution >= 0.6 is 0 Å². The number of alkyl halides is 1.